The van der Waals surface area contributed by atoms with Crippen LogP contribution in [0, 0.1) is 0 Å². The van der Waals surface area contributed by atoms with Crippen LogP contribution in [-0.2, 0) is 4.79 Å². The zero-order valence-electron chi connectivity index (χ0n) is 5.66. The summed E-state index contributed by atoms with van der Waals surface area (Å²) < 4.78 is 0. The van der Waals surface area contributed by atoms with Crippen molar-refractivity contribution in [3.05, 3.63) is 0 Å². The highest BCUT2D eigenvalue weighted by Crippen LogP contribution is 1.87. The highest BCUT2D eigenvalue weighted by Gasteiger charge is 2.11. The molecule has 1 amide bonds. The second-order valence-corrected chi connectivity index (χ2v) is 2.39. The third-order valence-corrected chi connectivity index (χ3v) is 1.35. The minimum atomic E-state index is -0.455. The first kappa shape index (κ1) is 8.78. The van der Waals surface area contributed by atoms with Crippen LogP contribution in [0.3, 0.4) is 0 Å². The summed E-state index contributed by atoms with van der Waals surface area (Å²) in [6, 6.07) is -0.455. The predicted octanol–water partition coefficient (Wildman–Crippen LogP) is -0.668. The van der Waals surface area contributed by atoms with Crippen LogP contribution in [0.5, 0.6) is 0 Å². The van der Waals surface area contributed by atoms with E-state index in [1.165, 1.54) is 4.90 Å². The number of amides is 1. The number of nitrogens with two attached hydrogens (primary N) is 1. The second kappa shape index (κ2) is 3.74. The SMILES string of the molecule is CN(C)C(=O)[C@@H](N)CS. The monoisotopic (exact) mass is 148 g/mol. The van der Waals surface area contributed by atoms with E-state index in [4.69, 9.17) is 5.73 Å². The van der Waals surface area contributed by atoms with Gasteiger partial charge in [0, 0.05) is 19.8 Å². The zero-order chi connectivity index (χ0) is 7.44. The van der Waals surface area contributed by atoms with Gasteiger partial charge < -0.3 is 10.6 Å². The Kier molecular flexibility index (Phi) is 3.65. The molecule has 4 heteroatoms. The minimum Gasteiger partial charge on any atom is -0.347 e. The largest absolute Gasteiger partial charge is 0.347 e. The molecule has 3 nitrogen and oxygen atoms in total. The maximum atomic E-state index is 10.8. The highest BCUT2D eigenvalue weighted by atomic mass is 32.1. The first-order valence-corrected chi connectivity index (χ1v) is 3.30. The van der Waals surface area contributed by atoms with Gasteiger partial charge in [-0.25, -0.2) is 0 Å². The quantitative estimate of drug-likeness (QED) is 0.510. The van der Waals surface area contributed by atoms with Gasteiger partial charge in [0.25, 0.3) is 0 Å². The highest BCUT2D eigenvalue weighted by molar-refractivity contribution is 7.80. The Morgan fingerprint density at radius 3 is 2.33 bits per heavy atom. The molecule has 0 aromatic carbocycles. The lowest BCUT2D eigenvalue weighted by atomic mass is 10.3. The third-order valence-electron chi connectivity index (χ3n) is 0.955. The van der Waals surface area contributed by atoms with Crippen molar-refractivity contribution in [2.75, 3.05) is 19.8 Å². The molecule has 0 aromatic rings. The second-order valence-electron chi connectivity index (χ2n) is 2.02. The van der Waals surface area contributed by atoms with Crippen LogP contribution >= 0.6 is 12.6 Å². The lowest BCUT2D eigenvalue weighted by Gasteiger charge is -2.13. The van der Waals surface area contributed by atoms with E-state index in [0.717, 1.165) is 0 Å². The molecule has 0 aliphatic rings. The predicted molar refractivity (Wildman–Crippen MR) is 40.5 cm³/mol. The number of likely N-dealkylation sites (N-methyl/N-ethyl adjacent to an activating group) is 1. The van der Waals surface area contributed by atoms with Crippen LogP contribution in [0.2, 0.25) is 0 Å². The molecule has 0 spiro atoms. The van der Waals surface area contributed by atoms with Crippen LogP contribution in [0.15, 0.2) is 0 Å². The van der Waals surface area contributed by atoms with Gasteiger partial charge in [0.05, 0.1) is 6.04 Å². The molecular weight excluding hydrogens is 136 g/mol. The Morgan fingerprint density at radius 1 is 1.78 bits per heavy atom. The smallest absolute Gasteiger partial charge is 0.239 e. The molecule has 0 saturated carbocycles. The van der Waals surface area contributed by atoms with E-state index in [9.17, 15) is 4.79 Å². The Bertz CT molecular complexity index is 105. The molecular formula is C5H12N2OS. The van der Waals surface area contributed by atoms with Gasteiger partial charge in [0.2, 0.25) is 5.91 Å². The van der Waals surface area contributed by atoms with Crippen molar-refractivity contribution >= 4 is 18.5 Å². The summed E-state index contributed by atoms with van der Waals surface area (Å²) >= 11 is 3.88. The van der Waals surface area contributed by atoms with E-state index in [1.807, 2.05) is 0 Å². The first-order chi connectivity index (χ1) is 4.09. The van der Waals surface area contributed by atoms with Gasteiger partial charge in [-0.3, -0.25) is 4.79 Å². The van der Waals surface area contributed by atoms with Crippen molar-refractivity contribution in [2.24, 2.45) is 5.73 Å². The molecule has 0 unspecified atom stereocenters. The van der Waals surface area contributed by atoms with E-state index in [2.05, 4.69) is 12.6 Å². The van der Waals surface area contributed by atoms with Crippen LogP contribution in [0.1, 0.15) is 0 Å². The normalized spacial score (nSPS) is 12.9. The minimum absolute atomic E-state index is 0.0787. The Balaban J connectivity index is 3.73. The molecule has 0 aliphatic carbocycles. The fourth-order valence-corrected chi connectivity index (χ4v) is 0.566. The van der Waals surface area contributed by atoms with E-state index >= 15 is 0 Å². The summed E-state index contributed by atoms with van der Waals surface area (Å²) in [5.41, 5.74) is 5.35. The number of carbonyl (C=O) groups excluding carboxylic acids is 1. The lowest BCUT2D eigenvalue weighted by molar-refractivity contribution is -0.129. The molecule has 54 valence electrons. The Labute approximate surface area is 60.6 Å². The third kappa shape index (κ3) is 2.72. The average Bonchev–Trinajstić information content (AvgIpc) is 1.84. The van der Waals surface area contributed by atoms with Gasteiger partial charge in [-0.15, -0.1) is 0 Å². The maximum Gasteiger partial charge on any atom is 0.239 e. The van der Waals surface area contributed by atoms with E-state index in [-0.39, 0.29) is 5.91 Å². The number of hydrogen-bond donors (Lipinski definition) is 2. The summed E-state index contributed by atoms with van der Waals surface area (Å²) in [5.74, 6) is 0.321. The van der Waals surface area contributed by atoms with Crippen molar-refractivity contribution < 1.29 is 4.79 Å². The van der Waals surface area contributed by atoms with Gasteiger partial charge in [0.15, 0.2) is 0 Å². The maximum absolute atomic E-state index is 10.8. The van der Waals surface area contributed by atoms with E-state index in [0.29, 0.717) is 5.75 Å². The molecule has 2 N–H and O–H groups in total. The van der Waals surface area contributed by atoms with Crippen molar-refractivity contribution in [2.45, 2.75) is 6.04 Å². The lowest BCUT2D eigenvalue weighted by Crippen LogP contribution is -2.40. The van der Waals surface area contributed by atoms with Crippen LogP contribution in [0.4, 0.5) is 0 Å². The zero-order valence-corrected chi connectivity index (χ0v) is 6.56. The number of nitrogens with zero attached hydrogens (tertiary/aromatic N) is 1. The van der Waals surface area contributed by atoms with Gasteiger partial charge >= 0.3 is 0 Å². The molecule has 0 rings (SSSR count). The van der Waals surface area contributed by atoms with Crippen molar-refractivity contribution in [3.63, 3.8) is 0 Å². The van der Waals surface area contributed by atoms with E-state index < -0.39 is 6.04 Å². The Morgan fingerprint density at radius 2 is 2.22 bits per heavy atom. The molecule has 0 aromatic heterocycles. The van der Waals surface area contributed by atoms with Gasteiger partial charge in [0.1, 0.15) is 0 Å². The fraction of sp³-hybridized carbons (Fsp3) is 0.800. The van der Waals surface area contributed by atoms with Crippen molar-refractivity contribution in [1.29, 1.82) is 0 Å². The molecule has 0 fully saturated rings. The number of thiol groups is 1. The van der Waals surface area contributed by atoms with Gasteiger partial charge in [-0.05, 0) is 0 Å². The summed E-state index contributed by atoms with van der Waals surface area (Å²) in [7, 11) is 3.34. The summed E-state index contributed by atoms with van der Waals surface area (Å²) in [4.78, 5) is 12.3. The van der Waals surface area contributed by atoms with Crippen LogP contribution in [-0.4, -0.2) is 36.7 Å². The van der Waals surface area contributed by atoms with Gasteiger partial charge in [-0.2, -0.15) is 12.6 Å². The van der Waals surface area contributed by atoms with E-state index in [1.54, 1.807) is 14.1 Å². The molecule has 0 aliphatic heterocycles. The van der Waals surface area contributed by atoms with Crippen molar-refractivity contribution in [3.8, 4) is 0 Å². The summed E-state index contributed by atoms with van der Waals surface area (Å²) in [5, 5.41) is 0. The molecule has 9 heavy (non-hydrogen) atoms. The Hall–Kier alpha value is -0.220. The fourth-order valence-electron chi connectivity index (χ4n) is 0.410. The molecule has 0 saturated heterocycles. The van der Waals surface area contributed by atoms with Crippen LogP contribution in [0.25, 0.3) is 0 Å². The molecule has 1 atom stereocenters. The molecule has 0 bridgehead atoms. The topological polar surface area (TPSA) is 46.3 Å². The van der Waals surface area contributed by atoms with Gasteiger partial charge in [-0.1, -0.05) is 0 Å². The first-order valence-electron chi connectivity index (χ1n) is 2.67. The molecule has 0 radical (unpaired) electrons. The number of hydrogen-bond acceptors (Lipinski definition) is 3. The number of rotatable bonds is 2. The summed E-state index contributed by atoms with van der Waals surface area (Å²) in [6.07, 6.45) is 0. The van der Waals surface area contributed by atoms with Crippen LogP contribution < -0.4 is 5.73 Å². The number of carbonyl (C=O) groups is 1. The summed E-state index contributed by atoms with van der Waals surface area (Å²) in [6.45, 7) is 0. The standard InChI is InChI=1S/C5H12N2OS/c1-7(2)5(8)4(6)3-9/h4,9H,3,6H2,1-2H3/t4-/m0/s1. The average molecular weight is 148 g/mol. The molecule has 0 heterocycles. The van der Waals surface area contributed by atoms with Crippen molar-refractivity contribution in [1.82, 2.24) is 4.90 Å².